The number of carbonyl (C=O) groups is 2. The molecule has 4 rings (SSSR count). The van der Waals surface area contributed by atoms with E-state index < -0.39 is 0 Å². The molecule has 0 bridgehead atoms. The lowest BCUT2D eigenvalue weighted by Crippen LogP contribution is -2.34. The first-order valence-corrected chi connectivity index (χ1v) is 8.80. The van der Waals surface area contributed by atoms with E-state index in [1.54, 1.807) is 11.9 Å². The second-order valence-electron chi connectivity index (χ2n) is 5.57. The predicted octanol–water partition coefficient (Wildman–Crippen LogP) is 3.26. The molecule has 0 atom stereocenters. The Balaban J connectivity index is 1.75. The van der Waals surface area contributed by atoms with Crippen LogP contribution in [0.25, 0.3) is 5.57 Å². The number of carbonyl (C=O) groups excluding carboxylic acids is 2. The van der Waals surface area contributed by atoms with Gasteiger partial charge in [0.1, 0.15) is 0 Å². The zero-order chi connectivity index (χ0) is 17.6. The van der Waals surface area contributed by atoms with E-state index in [4.69, 9.17) is 12.2 Å². The van der Waals surface area contributed by atoms with Gasteiger partial charge in [-0.1, -0.05) is 48.2 Å². The summed E-state index contributed by atoms with van der Waals surface area (Å²) in [5, 5.41) is 1.31. The second-order valence-corrected chi connectivity index (χ2v) is 7.22. The lowest BCUT2D eigenvalue weighted by Gasteiger charge is -2.16. The highest BCUT2D eigenvalue weighted by molar-refractivity contribution is 8.26. The van der Waals surface area contributed by atoms with Gasteiger partial charge >= 0.3 is 0 Å². The minimum absolute atomic E-state index is 0.193. The highest BCUT2D eigenvalue weighted by Gasteiger charge is 2.41. The molecule has 2 heterocycles. The SMILES string of the molecule is CN1C(=O)C(=C2SC(=S)N(Nc3ccccc3)C2=O)c2ccccc21. The smallest absolute Gasteiger partial charge is 0.285 e. The van der Waals surface area contributed by atoms with Crippen molar-refractivity contribution in [1.82, 2.24) is 5.01 Å². The summed E-state index contributed by atoms with van der Waals surface area (Å²) >= 11 is 6.49. The maximum atomic E-state index is 12.9. The molecule has 0 radical (unpaired) electrons. The third-order valence-corrected chi connectivity index (χ3v) is 5.44. The van der Waals surface area contributed by atoms with Gasteiger partial charge < -0.3 is 4.90 Å². The second kappa shape index (κ2) is 6.02. The Labute approximate surface area is 154 Å². The van der Waals surface area contributed by atoms with Gasteiger partial charge in [0.2, 0.25) is 0 Å². The van der Waals surface area contributed by atoms with Crippen LogP contribution in [0, 0.1) is 0 Å². The fourth-order valence-corrected chi connectivity index (χ4v) is 4.10. The Morgan fingerprint density at radius 3 is 2.40 bits per heavy atom. The maximum absolute atomic E-state index is 12.9. The van der Waals surface area contributed by atoms with Crippen LogP contribution in [0.2, 0.25) is 0 Å². The standard InChI is InChI=1S/C18H13N3O2S2/c1-20-13-10-6-5-9-12(13)14(16(20)22)15-17(23)21(18(24)25-15)19-11-7-3-2-4-8-11/h2-10,19H,1H3. The summed E-state index contributed by atoms with van der Waals surface area (Å²) in [6.45, 7) is 0. The summed E-state index contributed by atoms with van der Waals surface area (Å²) in [4.78, 5) is 27.5. The average Bonchev–Trinajstić information content (AvgIpc) is 3.04. The van der Waals surface area contributed by atoms with E-state index in [0.29, 0.717) is 14.8 Å². The molecule has 7 heteroatoms. The first kappa shape index (κ1) is 15.9. The van der Waals surface area contributed by atoms with Crippen molar-refractivity contribution in [2.75, 3.05) is 17.4 Å². The maximum Gasteiger partial charge on any atom is 0.285 e. The van der Waals surface area contributed by atoms with Crippen LogP contribution < -0.4 is 10.3 Å². The fraction of sp³-hybridized carbons (Fsp3) is 0.0556. The lowest BCUT2D eigenvalue weighted by atomic mass is 10.1. The Bertz CT molecular complexity index is 940. The summed E-state index contributed by atoms with van der Waals surface area (Å²) < 4.78 is 0.371. The fourth-order valence-electron chi connectivity index (χ4n) is 2.85. The van der Waals surface area contributed by atoms with Gasteiger partial charge in [-0.05, 0) is 30.4 Å². The highest BCUT2D eigenvalue weighted by atomic mass is 32.2. The number of para-hydroxylation sites is 2. The number of thiocarbonyl (C=S) groups is 1. The van der Waals surface area contributed by atoms with E-state index in [1.807, 2.05) is 54.6 Å². The number of amides is 2. The van der Waals surface area contributed by atoms with Crippen molar-refractivity contribution in [2.45, 2.75) is 0 Å². The Hall–Kier alpha value is -2.64. The molecular formula is C18H13N3O2S2. The van der Waals surface area contributed by atoms with E-state index in [1.165, 1.54) is 5.01 Å². The van der Waals surface area contributed by atoms with Gasteiger partial charge in [0.05, 0.1) is 21.9 Å². The van der Waals surface area contributed by atoms with E-state index in [2.05, 4.69) is 5.43 Å². The number of hydrogen-bond donors (Lipinski definition) is 1. The van der Waals surface area contributed by atoms with Gasteiger partial charge in [0.25, 0.3) is 11.8 Å². The molecule has 1 saturated heterocycles. The monoisotopic (exact) mass is 367 g/mol. The van der Waals surface area contributed by atoms with E-state index >= 15 is 0 Å². The quantitative estimate of drug-likeness (QED) is 0.652. The van der Waals surface area contributed by atoms with Crippen LogP contribution in [-0.4, -0.2) is 28.2 Å². The van der Waals surface area contributed by atoms with Crippen LogP contribution in [0.5, 0.6) is 0 Å². The molecular weight excluding hydrogens is 354 g/mol. The molecule has 2 aliphatic heterocycles. The average molecular weight is 367 g/mol. The first-order chi connectivity index (χ1) is 12.1. The third-order valence-electron chi connectivity index (χ3n) is 4.06. The van der Waals surface area contributed by atoms with Crippen LogP contribution in [0.4, 0.5) is 11.4 Å². The Morgan fingerprint density at radius 1 is 0.960 bits per heavy atom. The normalized spacial score (nSPS) is 19.6. The number of hydrazine groups is 1. The van der Waals surface area contributed by atoms with Crippen molar-refractivity contribution in [3.05, 3.63) is 65.1 Å². The van der Waals surface area contributed by atoms with Crippen molar-refractivity contribution in [3.8, 4) is 0 Å². The summed E-state index contributed by atoms with van der Waals surface area (Å²) in [5.74, 6) is -0.506. The molecule has 2 amide bonds. The number of anilines is 2. The largest absolute Gasteiger partial charge is 0.311 e. The van der Waals surface area contributed by atoms with E-state index in [0.717, 1.165) is 28.7 Å². The molecule has 0 aromatic heterocycles. The minimum Gasteiger partial charge on any atom is -0.311 e. The number of likely N-dealkylation sites (N-methyl/N-ethyl adjacent to an activating group) is 1. The van der Waals surface area contributed by atoms with Crippen molar-refractivity contribution >= 4 is 57.1 Å². The summed E-state index contributed by atoms with van der Waals surface area (Å²) in [5.41, 5.74) is 5.72. The number of benzene rings is 2. The van der Waals surface area contributed by atoms with Gasteiger partial charge in [0, 0.05) is 12.6 Å². The van der Waals surface area contributed by atoms with Crippen molar-refractivity contribution in [3.63, 3.8) is 0 Å². The minimum atomic E-state index is -0.313. The van der Waals surface area contributed by atoms with E-state index in [-0.39, 0.29) is 11.8 Å². The van der Waals surface area contributed by atoms with Gasteiger partial charge in [-0.3, -0.25) is 15.0 Å². The van der Waals surface area contributed by atoms with Gasteiger partial charge in [0.15, 0.2) is 4.32 Å². The zero-order valence-corrected chi connectivity index (χ0v) is 14.9. The molecule has 0 aliphatic carbocycles. The molecule has 2 aromatic carbocycles. The lowest BCUT2D eigenvalue weighted by molar-refractivity contribution is -0.121. The van der Waals surface area contributed by atoms with Crippen molar-refractivity contribution < 1.29 is 9.59 Å². The number of hydrogen-bond acceptors (Lipinski definition) is 5. The molecule has 1 N–H and O–H groups in total. The number of rotatable bonds is 2. The topological polar surface area (TPSA) is 52.7 Å². The molecule has 0 unspecified atom stereocenters. The molecule has 0 saturated carbocycles. The number of thioether (sulfide) groups is 1. The van der Waals surface area contributed by atoms with Crippen LogP contribution in [0.15, 0.2) is 59.5 Å². The molecule has 25 heavy (non-hydrogen) atoms. The van der Waals surface area contributed by atoms with Gasteiger partial charge in [-0.15, -0.1) is 0 Å². The Kier molecular flexibility index (Phi) is 3.82. The van der Waals surface area contributed by atoms with E-state index in [9.17, 15) is 9.59 Å². The molecule has 0 spiro atoms. The first-order valence-electron chi connectivity index (χ1n) is 7.57. The number of fused-ring (bicyclic) bond motifs is 1. The zero-order valence-electron chi connectivity index (χ0n) is 13.2. The van der Waals surface area contributed by atoms with Crippen LogP contribution in [0.3, 0.4) is 0 Å². The van der Waals surface area contributed by atoms with Gasteiger partial charge in [-0.2, -0.15) is 0 Å². The molecule has 2 aliphatic rings. The van der Waals surface area contributed by atoms with Crippen LogP contribution in [-0.2, 0) is 9.59 Å². The van der Waals surface area contributed by atoms with Crippen molar-refractivity contribution in [2.24, 2.45) is 0 Å². The van der Waals surface area contributed by atoms with Gasteiger partial charge in [-0.25, -0.2) is 5.01 Å². The van der Waals surface area contributed by atoms with Crippen molar-refractivity contribution in [1.29, 1.82) is 0 Å². The summed E-state index contributed by atoms with van der Waals surface area (Å²) in [6, 6.07) is 16.7. The summed E-state index contributed by atoms with van der Waals surface area (Å²) in [7, 11) is 1.71. The molecule has 5 nitrogen and oxygen atoms in total. The molecule has 1 fully saturated rings. The van der Waals surface area contributed by atoms with Crippen LogP contribution in [0.1, 0.15) is 5.56 Å². The number of nitrogens with one attached hydrogen (secondary N) is 1. The summed E-state index contributed by atoms with van der Waals surface area (Å²) in [6.07, 6.45) is 0. The highest BCUT2D eigenvalue weighted by Crippen LogP contribution is 2.43. The molecule has 124 valence electrons. The Morgan fingerprint density at radius 2 is 1.64 bits per heavy atom. The van der Waals surface area contributed by atoms with Crippen LogP contribution >= 0.6 is 24.0 Å². The third kappa shape index (κ3) is 2.52. The predicted molar refractivity (Wildman–Crippen MR) is 104 cm³/mol. The molecule has 2 aromatic rings. The number of nitrogens with zero attached hydrogens (tertiary/aromatic N) is 2.